The number of hydrogen-bond donors (Lipinski definition) is 2. The molecular weight excluding hydrogens is 432 g/mol. The van der Waals surface area contributed by atoms with E-state index < -0.39 is 17.7 Å². The number of ether oxygens (including phenoxy) is 1. The molecule has 4 aromatic rings. The minimum absolute atomic E-state index is 0.0676. The summed E-state index contributed by atoms with van der Waals surface area (Å²) in [5, 5.41) is 12.3. The van der Waals surface area contributed by atoms with Crippen LogP contribution in [0, 0.1) is 0 Å². The van der Waals surface area contributed by atoms with Crippen LogP contribution in [0.1, 0.15) is 34.9 Å². The first kappa shape index (κ1) is 20.4. The minimum atomic E-state index is -0.770. The van der Waals surface area contributed by atoms with Gasteiger partial charge >= 0.3 is 0 Å². The van der Waals surface area contributed by atoms with Crippen LogP contribution in [-0.4, -0.2) is 33.3 Å². The van der Waals surface area contributed by atoms with Crippen molar-refractivity contribution < 1.29 is 23.8 Å². The number of benzene rings is 2. The van der Waals surface area contributed by atoms with Crippen LogP contribution in [0.2, 0.25) is 0 Å². The van der Waals surface area contributed by atoms with Gasteiger partial charge in [-0.25, -0.2) is 0 Å². The average molecular weight is 454 g/mol. The van der Waals surface area contributed by atoms with Crippen molar-refractivity contribution in [1.29, 1.82) is 0 Å². The number of nitrogens with zero attached hydrogens (tertiary/aromatic N) is 1. The van der Waals surface area contributed by atoms with Gasteiger partial charge < -0.3 is 24.1 Å². The third kappa shape index (κ3) is 3.20. The van der Waals surface area contributed by atoms with E-state index in [1.165, 1.54) is 11.2 Å². The quantitative estimate of drug-likeness (QED) is 0.265. The topological polar surface area (TPSA) is 95.8 Å². The number of aromatic amines is 1. The van der Waals surface area contributed by atoms with Gasteiger partial charge in [0.1, 0.15) is 17.3 Å². The summed E-state index contributed by atoms with van der Waals surface area (Å²) in [5.41, 5.74) is 3.16. The lowest BCUT2D eigenvalue weighted by Crippen LogP contribution is -2.29. The van der Waals surface area contributed by atoms with Crippen LogP contribution < -0.4 is 4.74 Å². The van der Waals surface area contributed by atoms with E-state index in [1.807, 2.05) is 36.4 Å². The molecule has 0 spiro atoms. The number of carbonyl (C=O) groups excluding carboxylic acids is 2. The van der Waals surface area contributed by atoms with Crippen LogP contribution in [0.5, 0.6) is 5.75 Å². The number of fused-ring (bicyclic) bond motifs is 2. The van der Waals surface area contributed by atoms with Crippen molar-refractivity contribution in [3.8, 4) is 5.75 Å². The Bertz CT molecular complexity index is 1450. The summed E-state index contributed by atoms with van der Waals surface area (Å²) < 4.78 is 11.2. The lowest BCUT2D eigenvalue weighted by molar-refractivity contribution is -0.140. The number of amides is 1. The number of hydrogen-bond acceptors (Lipinski definition) is 5. The first-order valence-electron chi connectivity index (χ1n) is 11.2. The van der Waals surface area contributed by atoms with Gasteiger partial charge in [0.15, 0.2) is 0 Å². The van der Waals surface area contributed by atoms with Crippen LogP contribution in [0.4, 0.5) is 0 Å². The molecular formula is C27H22N2O5. The molecule has 7 heteroatoms. The van der Waals surface area contributed by atoms with Crippen molar-refractivity contribution >= 4 is 28.4 Å². The van der Waals surface area contributed by atoms with Gasteiger partial charge in [-0.2, -0.15) is 0 Å². The summed E-state index contributed by atoms with van der Waals surface area (Å²) in [5.74, 6) is -0.237. The molecule has 2 N–H and O–H groups in total. The fourth-order valence-corrected chi connectivity index (χ4v) is 4.92. The molecule has 170 valence electrons. The minimum Gasteiger partial charge on any atom is -0.507 e. The highest BCUT2D eigenvalue weighted by Crippen LogP contribution is 2.43. The number of para-hydroxylation sites is 1. The van der Waals surface area contributed by atoms with E-state index in [4.69, 9.17) is 9.15 Å². The first-order chi connectivity index (χ1) is 16.6. The van der Waals surface area contributed by atoms with Gasteiger partial charge in [0.2, 0.25) is 0 Å². The van der Waals surface area contributed by atoms with Crippen molar-refractivity contribution in [3.05, 3.63) is 95.1 Å². The number of aromatic nitrogens is 1. The van der Waals surface area contributed by atoms with Gasteiger partial charge in [-0.15, -0.1) is 0 Å². The number of ketones is 1. The fraction of sp³-hybridized carbons (Fsp3) is 0.185. The Hall–Kier alpha value is -4.26. The largest absolute Gasteiger partial charge is 0.507 e. The lowest BCUT2D eigenvalue weighted by atomic mass is 9.93. The zero-order valence-electron chi connectivity index (χ0n) is 18.3. The summed E-state index contributed by atoms with van der Waals surface area (Å²) >= 11 is 0. The van der Waals surface area contributed by atoms with Gasteiger partial charge in [-0.3, -0.25) is 9.59 Å². The molecule has 2 aliphatic heterocycles. The van der Waals surface area contributed by atoms with Crippen molar-refractivity contribution in [2.75, 3.05) is 6.61 Å². The summed E-state index contributed by atoms with van der Waals surface area (Å²) in [6, 6.07) is 15.8. The Balaban J connectivity index is 1.53. The van der Waals surface area contributed by atoms with Gasteiger partial charge in [0.05, 0.1) is 31.0 Å². The fourth-order valence-electron chi connectivity index (χ4n) is 4.92. The number of carbonyl (C=O) groups is 2. The summed E-state index contributed by atoms with van der Waals surface area (Å²) in [6.07, 6.45) is 5.04. The standard InChI is InChI=1S/C27H22N2O5/c30-25(17-9-10-22-16(13-17)5-3-12-34-22)23-24(20-14-28-21-8-2-1-7-19(20)21)29(27(32)26(23)31)15-18-6-4-11-33-18/h1-2,4,6-11,13-14,24,28,30H,3,5,12,15H2/b25-23+. The zero-order chi connectivity index (χ0) is 23.2. The molecule has 1 amide bonds. The van der Waals surface area contributed by atoms with E-state index in [2.05, 4.69) is 4.98 Å². The predicted molar refractivity (Wildman–Crippen MR) is 125 cm³/mol. The van der Waals surface area contributed by atoms with E-state index in [-0.39, 0.29) is 17.9 Å². The second-order valence-corrected chi connectivity index (χ2v) is 8.57. The maximum absolute atomic E-state index is 13.3. The third-order valence-corrected chi connectivity index (χ3v) is 6.54. The second-order valence-electron chi connectivity index (χ2n) is 8.57. The molecule has 1 atom stereocenters. The normalized spacial score (nSPS) is 19.4. The molecule has 1 unspecified atom stereocenters. The van der Waals surface area contributed by atoms with Gasteiger partial charge in [-0.05, 0) is 54.8 Å². The molecule has 1 fully saturated rings. The lowest BCUT2D eigenvalue weighted by Gasteiger charge is -2.24. The highest BCUT2D eigenvalue weighted by Gasteiger charge is 2.47. The zero-order valence-corrected chi connectivity index (χ0v) is 18.3. The number of rotatable bonds is 4. The summed E-state index contributed by atoms with van der Waals surface area (Å²) in [6.45, 7) is 0.771. The molecule has 2 aromatic carbocycles. The molecule has 7 nitrogen and oxygen atoms in total. The van der Waals surface area contributed by atoms with Crippen molar-refractivity contribution in [2.45, 2.75) is 25.4 Å². The van der Waals surface area contributed by atoms with Crippen LogP contribution >= 0.6 is 0 Å². The maximum atomic E-state index is 13.3. The Labute approximate surface area is 195 Å². The highest BCUT2D eigenvalue weighted by atomic mass is 16.5. The van der Waals surface area contributed by atoms with E-state index >= 15 is 0 Å². The number of aliphatic hydroxyl groups excluding tert-OH is 1. The molecule has 4 heterocycles. The molecule has 34 heavy (non-hydrogen) atoms. The maximum Gasteiger partial charge on any atom is 0.296 e. The smallest absolute Gasteiger partial charge is 0.296 e. The molecule has 0 bridgehead atoms. The Morgan fingerprint density at radius 3 is 2.85 bits per heavy atom. The second kappa shape index (κ2) is 7.95. The van der Waals surface area contributed by atoms with Gasteiger partial charge in [-0.1, -0.05) is 18.2 Å². The van der Waals surface area contributed by atoms with E-state index in [0.29, 0.717) is 17.9 Å². The molecule has 1 saturated heterocycles. The number of H-pyrrole nitrogens is 1. The average Bonchev–Trinajstić information content (AvgIpc) is 3.59. The van der Waals surface area contributed by atoms with E-state index in [1.54, 1.807) is 24.4 Å². The van der Waals surface area contributed by atoms with Gasteiger partial charge in [0, 0.05) is 28.2 Å². The number of nitrogens with one attached hydrogen (secondary N) is 1. The summed E-state index contributed by atoms with van der Waals surface area (Å²) in [7, 11) is 0. The van der Waals surface area contributed by atoms with Crippen LogP contribution in [0.3, 0.4) is 0 Å². The van der Waals surface area contributed by atoms with E-state index in [0.717, 1.165) is 40.6 Å². The van der Waals surface area contributed by atoms with Crippen molar-refractivity contribution in [3.63, 3.8) is 0 Å². The number of Topliss-reactive ketones (excluding diaryl/α,β-unsaturated/α-hetero) is 1. The van der Waals surface area contributed by atoms with Gasteiger partial charge in [0.25, 0.3) is 11.7 Å². The van der Waals surface area contributed by atoms with Crippen LogP contribution in [0.15, 0.2) is 77.0 Å². The first-order valence-corrected chi connectivity index (χ1v) is 11.2. The highest BCUT2D eigenvalue weighted by molar-refractivity contribution is 6.46. The predicted octanol–water partition coefficient (Wildman–Crippen LogP) is 4.71. The number of aryl methyl sites for hydroxylation is 1. The van der Waals surface area contributed by atoms with Crippen LogP contribution in [0.25, 0.3) is 16.7 Å². The summed E-state index contributed by atoms with van der Waals surface area (Å²) in [4.78, 5) is 31.2. The Morgan fingerprint density at radius 1 is 1.12 bits per heavy atom. The number of likely N-dealkylation sites (tertiary alicyclic amines) is 1. The molecule has 2 aliphatic rings. The Kier molecular flexibility index (Phi) is 4.76. The monoisotopic (exact) mass is 454 g/mol. The molecule has 0 radical (unpaired) electrons. The van der Waals surface area contributed by atoms with E-state index in [9.17, 15) is 14.7 Å². The molecule has 0 aliphatic carbocycles. The Morgan fingerprint density at radius 2 is 2.00 bits per heavy atom. The molecule has 2 aromatic heterocycles. The SMILES string of the molecule is O=C1C(=O)N(Cc2ccco2)C(c2c[nH]c3ccccc23)/C1=C(\O)c1ccc2c(c1)CCCO2. The van der Waals surface area contributed by atoms with Crippen molar-refractivity contribution in [2.24, 2.45) is 0 Å². The number of furan rings is 1. The number of aliphatic hydroxyl groups is 1. The third-order valence-electron chi connectivity index (χ3n) is 6.54. The van der Waals surface area contributed by atoms with Crippen LogP contribution in [-0.2, 0) is 22.6 Å². The molecule has 6 rings (SSSR count). The molecule has 0 saturated carbocycles. The van der Waals surface area contributed by atoms with Crippen molar-refractivity contribution in [1.82, 2.24) is 9.88 Å².